The molecule has 0 aliphatic carbocycles. The van der Waals surface area contributed by atoms with E-state index in [1.54, 1.807) is 0 Å². The van der Waals surface area contributed by atoms with Gasteiger partial charge in [0.25, 0.3) is 0 Å². The van der Waals surface area contributed by atoms with Gasteiger partial charge in [0.1, 0.15) is 0 Å². The number of hydrogen-bond donors (Lipinski definition) is 1. The van der Waals surface area contributed by atoms with Gasteiger partial charge in [-0.15, -0.1) is 0 Å². The molecule has 0 atom stereocenters. The number of nitrogens with zero attached hydrogens (tertiary/aromatic N) is 2. The van der Waals surface area contributed by atoms with Gasteiger partial charge < -0.3 is 5.32 Å². The van der Waals surface area contributed by atoms with Crippen molar-refractivity contribution in [3.63, 3.8) is 0 Å². The lowest BCUT2D eigenvalue weighted by atomic mass is 10.0. The van der Waals surface area contributed by atoms with Crippen molar-refractivity contribution in [2.24, 2.45) is 0 Å². The average Bonchev–Trinajstić information content (AvgIpc) is 2.92. The number of imide groups is 1. The van der Waals surface area contributed by atoms with Crippen molar-refractivity contribution in [2.75, 3.05) is 19.6 Å². The maximum absolute atomic E-state index is 13.3. The third-order valence-corrected chi connectivity index (χ3v) is 7.74. The van der Waals surface area contributed by atoms with Gasteiger partial charge in [0, 0.05) is 19.1 Å². The molecule has 1 N–H and O–H groups in total. The molecule has 0 spiro atoms. The predicted octanol–water partition coefficient (Wildman–Crippen LogP) is 1.63. The second-order valence-electron chi connectivity index (χ2n) is 7.15. The summed E-state index contributed by atoms with van der Waals surface area (Å²) in [4.78, 5) is 25.3. The highest BCUT2D eigenvalue weighted by Crippen LogP contribution is 2.31. The number of sulfonamides is 1. The van der Waals surface area contributed by atoms with E-state index in [9.17, 15) is 18.0 Å². The average molecular weight is 379 g/mol. The van der Waals surface area contributed by atoms with E-state index in [4.69, 9.17) is 0 Å². The lowest BCUT2D eigenvalue weighted by Gasteiger charge is -2.35. The number of nitrogens with one attached hydrogen (secondary N) is 1. The van der Waals surface area contributed by atoms with Gasteiger partial charge in [0.15, 0.2) is 0 Å². The molecule has 142 valence electrons. The summed E-state index contributed by atoms with van der Waals surface area (Å²) < 4.78 is 28.0. The van der Waals surface area contributed by atoms with Gasteiger partial charge in [0.05, 0.1) is 11.4 Å². The minimum atomic E-state index is -3.61. The van der Waals surface area contributed by atoms with E-state index in [1.165, 1.54) is 9.21 Å². The molecular weight excluding hydrogens is 354 g/mol. The quantitative estimate of drug-likeness (QED) is 0.809. The Morgan fingerprint density at radius 2 is 1.54 bits per heavy atom. The van der Waals surface area contributed by atoms with Gasteiger partial charge in [-0.3, -0.25) is 9.69 Å². The molecule has 2 aliphatic heterocycles. The van der Waals surface area contributed by atoms with Gasteiger partial charge in [-0.25, -0.2) is 13.2 Å². The lowest BCUT2D eigenvalue weighted by Crippen LogP contribution is -2.49. The Balaban J connectivity index is 1.83. The summed E-state index contributed by atoms with van der Waals surface area (Å²) in [5.41, 5.74) is 3.48. The van der Waals surface area contributed by atoms with Crippen LogP contribution in [0, 0.1) is 27.7 Å². The van der Waals surface area contributed by atoms with Crippen LogP contribution in [-0.2, 0) is 14.8 Å². The van der Waals surface area contributed by atoms with E-state index >= 15 is 0 Å². The number of hydrogen-bond acceptors (Lipinski definition) is 4. The number of rotatable bonds is 3. The van der Waals surface area contributed by atoms with Gasteiger partial charge in [0.2, 0.25) is 15.9 Å². The number of aryl methyl sites for hydroxylation is 2. The first-order chi connectivity index (χ1) is 12.1. The summed E-state index contributed by atoms with van der Waals surface area (Å²) >= 11 is 0. The van der Waals surface area contributed by atoms with Crippen LogP contribution in [-0.4, -0.2) is 55.2 Å². The molecule has 2 heterocycles. The Labute approximate surface area is 154 Å². The van der Waals surface area contributed by atoms with Crippen molar-refractivity contribution in [3.8, 4) is 0 Å². The number of piperidine rings is 1. The SMILES string of the molecule is Cc1cc(C)c(C)c(S(=O)(=O)N2CCC(N3C(=O)CNC3=O)CC2)c1C. The smallest absolute Gasteiger partial charge is 0.324 e. The third kappa shape index (κ3) is 3.01. The maximum atomic E-state index is 13.3. The molecule has 0 saturated carbocycles. The molecule has 1 aromatic carbocycles. The zero-order valence-electron chi connectivity index (χ0n) is 15.6. The molecule has 7 nitrogen and oxygen atoms in total. The van der Waals surface area contributed by atoms with Crippen LogP contribution in [0.15, 0.2) is 11.0 Å². The zero-order chi connectivity index (χ0) is 19.2. The molecule has 2 saturated heterocycles. The molecule has 2 fully saturated rings. The number of urea groups is 1. The fraction of sp³-hybridized carbons (Fsp3) is 0.556. The number of carbonyl (C=O) groups excluding carboxylic acids is 2. The van der Waals surface area contributed by atoms with Crippen LogP contribution < -0.4 is 5.32 Å². The Bertz CT molecular complexity index is 829. The Morgan fingerprint density at radius 1 is 1.00 bits per heavy atom. The molecule has 0 aromatic heterocycles. The van der Waals surface area contributed by atoms with Gasteiger partial charge >= 0.3 is 6.03 Å². The van der Waals surface area contributed by atoms with E-state index < -0.39 is 10.0 Å². The minimum Gasteiger partial charge on any atom is -0.329 e. The van der Waals surface area contributed by atoms with Gasteiger partial charge in [-0.2, -0.15) is 4.31 Å². The molecular formula is C18H25N3O4S. The number of carbonyl (C=O) groups is 2. The number of benzene rings is 1. The fourth-order valence-corrected chi connectivity index (χ4v) is 5.89. The van der Waals surface area contributed by atoms with Crippen LogP contribution in [0.3, 0.4) is 0 Å². The van der Waals surface area contributed by atoms with Crippen molar-refractivity contribution in [1.29, 1.82) is 0 Å². The first-order valence-electron chi connectivity index (χ1n) is 8.82. The summed E-state index contributed by atoms with van der Waals surface area (Å²) in [5.74, 6) is -0.239. The predicted molar refractivity (Wildman–Crippen MR) is 97.4 cm³/mol. The van der Waals surface area contributed by atoms with Gasteiger partial charge in [-0.1, -0.05) is 6.07 Å². The van der Waals surface area contributed by atoms with E-state index in [2.05, 4.69) is 5.32 Å². The van der Waals surface area contributed by atoms with Crippen LogP contribution in [0.2, 0.25) is 0 Å². The van der Waals surface area contributed by atoms with Crippen LogP contribution >= 0.6 is 0 Å². The van der Waals surface area contributed by atoms with Crippen LogP contribution in [0.4, 0.5) is 4.79 Å². The maximum Gasteiger partial charge on any atom is 0.324 e. The third-order valence-electron chi connectivity index (χ3n) is 5.56. The summed E-state index contributed by atoms with van der Waals surface area (Å²) in [5, 5.41) is 2.52. The highest BCUT2D eigenvalue weighted by Gasteiger charge is 2.39. The first kappa shape index (κ1) is 18.8. The minimum absolute atomic E-state index is 0.0261. The van der Waals surface area contributed by atoms with Crippen molar-refractivity contribution < 1.29 is 18.0 Å². The van der Waals surface area contributed by atoms with E-state index in [0.717, 1.165) is 22.3 Å². The summed E-state index contributed by atoms with van der Waals surface area (Å²) in [6, 6.07) is 1.39. The molecule has 1 aromatic rings. The molecule has 3 amide bonds. The normalized spacial score (nSPS) is 19.9. The van der Waals surface area contributed by atoms with Crippen LogP contribution in [0.1, 0.15) is 35.1 Å². The highest BCUT2D eigenvalue weighted by atomic mass is 32.2. The molecule has 3 rings (SSSR count). The molecule has 8 heteroatoms. The van der Waals surface area contributed by atoms with Crippen LogP contribution in [0.5, 0.6) is 0 Å². The standard InChI is InChI=1S/C18H25N3O4S/c1-11-9-12(2)14(4)17(13(11)3)26(24,25)20-7-5-15(6-8-20)21-16(22)10-19-18(21)23/h9,15H,5-8,10H2,1-4H3,(H,19,23). The molecule has 2 aliphatic rings. The molecule has 0 bridgehead atoms. The van der Waals surface area contributed by atoms with Gasteiger partial charge in [-0.05, 0) is 62.8 Å². The molecule has 26 heavy (non-hydrogen) atoms. The summed E-state index contributed by atoms with van der Waals surface area (Å²) in [7, 11) is -3.61. The summed E-state index contributed by atoms with van der Waals surface area (Å²) in [6.45, 7) is 8.16. The molecule has 0 unspecified atom stereocenters. The van der Waals surface area contributed by atoms with Crippen molar-refractivity contribution in [3.05, 3.63) is 28.3 Å². The van der Waals surface area contributed by atoms with Crippen molar-refractivity contribution in [2.45, 2.75) is 51.5 Å². The van der Waals surface area contributed by atoms with E-state index in [1.807, 2.05) is 33.8 Å². The van der Waals surface area contributed by atoms with E-state index in [0.29, 0.717) is 30.8 Å². The van der Waals surface area contributed by atoms with Crippen molar-refractivity contribution in [1.82, 2.24) is 14.5 Å². The summed E-state index contributed by atoms with van der Waals surface area (Å²) in [6.07, 6.45) is 0.919. The first-order valence-corrected chi connectivity index (χ1v) is 10.3. The topological polar surface area (TPSA) is 86.8 Å². The van der Waals surface area contributed by atoms with Crippen molar-refractivity contribution >= 4 is 22.0 Å². The second kappa shape index (κ2) is 6.66. The molecule has 0 radical (unpaired) electrons. The number of amides is 3. The van der Waals surface area contributed by atoms with E-state index in [-0.39, 0.29) is 24.5 Å². The lowest BCUT2D eigenvalue weighted by molar-refractivity contribution is -0.127. The fourth-order valence-electron chi connectivity index (χ4n) is 3.84. The largest absolute Gasteiger partial charge is 0.329 e. The Morgan fingerprint density at radius 3 is 2.00 bits per heavy atom. The Kier molecular flexibility index (Phi) is 4.83. The van der Waals surface area contributed by atoms with Crippen LogP contribution in [0.25, 0.3) is 0 Å². The Hall–Kier alpha value is -1.93. The monoisotopic (exact) mass is 379 g/mol. The second-order valence-corrected chi connectivity index (χ2v) is 9.02. The zero-order valence-corrected chi connectivity index (χ0v) is 16.4. The highest BCUT2D eigenvalue weighted by molar-refractivity contribution is 7.89.